The zero-order valence-electron chi connectivity index (χ0n) is 9.38. The molecule has 0 saturated carbocycles. The zero-order chi connectivity index (χ0) is 12.6. The van der Waals surface area contributed by atoms with Crippen LogP contribution in [0.15, 0.2) is 18.2 Å². The number of hydrogen-bond acceptors (Lipinski definition) is 3. The molecule has 17 heavy (non-hydrogen) atoms. The summed E-state index contributed by atoms with van der Waals surface area (Å²) in [5.74, 6) is -1.31. The second-order valence-corrected chi connectivity index (χ2v) is 4.14. The van der Waals surface area contributed by atoms with E-state index >= 15 is 0 Å². The number of rotatable bonds is 2. The Balaban J connectivity index is 2.51. The van der Waals surface area contributed by atoms with Gasteiger partial charge >= 0.3 is 5.97 Å². The lowest BCUT2D eigenvalue weighted by Crippen LogP contribution is -2.28. The molecule has 1 atom stereocenters. The Morgan fingerprint density at radius 3 is 2.71 bits per heavy atom. The van der Waals surface area contributed by atoms with E-state index in [0.717, 1.165) is 0 Å². The quantitative estimate of drug-likeness (QED) is 0.794. The number of β-amino-alcohol motifs (C(OH)–C–C–N with tert-alkyl or cyclic N) is 1. The lowest BCUT2D eigenvalue weighted by atomic mass is 10.1. The molecule has 5 heteroatoms. The molecule has 1 fully saturated rings. The molecule has 0 aromatic heterocycles. The Kier molecular flexibility index (Phi) is 2.85. The maximum atomic E-state index is 11.7. The van der Waals surface area contributed by atoms with Crippen molar-refractivity contribution in [1.29, 1.82) is 0 Å². The molecule has 1 aromatic carbocycles. The van der Waals surface area contributed by atoms with Crippen LogP contribution < -0.4 is 4.90 Å². The molecule has 1 amide bonds. The van der Waals surface area contributed by atoms with Crippen LogP contribution in [-0.2, 0) is 4.79 Å². The molecule has 0 spiro atoms. The average Bonchev–Trinajstić information content (AvgIpc) is 2.57. The van der Waals surface area contributed by atoms with Crippen molar-refractivity contribution in [2.75, 3.05) is 11.4 Å². The number of carbonyl (C=O) groups excluding carboxylic acids is 1. The van der Waals surface area contributed by atoms with Gasteiger partial charge < -0.3 is 15.1 Å². The van der Waals surface area contributed by atoms with Gasteiger partial charge in [-0.15, -0.1) is 0 Å². The van der Waals surface area contributed by atoms with Crippen molar-refractivity contribution in [3.63, 3.8) is 0 Å². The molecule has 0 bridgehead atoms. The smallest absolute Gasteiger partial charge is 0.337 e. The number of benzene rings is 1. The third-order valence-corrected chi connectivity index (χ3v) is 2.84. The summed E-state index contributed by atoms with van der Waals surface area (Å²) < 4.78 is 0. The maximum Gasteiger partial charge on any atom is 0.337 e. The first-order chi connectivity index (χ1) is 8.00. The van der Waals surface area contributed by atoms with Gasteiger partial charge in [0.2, 0.25) is 5.91 Å². The van der Waals surface area contributed by atoms with Gasteiger partial charge in [-0.05, 0) is 18.6 Å². The van der Waals surface area contributed by atoms with Crippen LogP contribution in [0.3, 0.4) is 0 Å². The van der Waals surface area contributed by atoms with Crippen molar-refractivity contribution in [1.82, 2.24) is 0 Å². The Hall–Kier alpha value is -1.88. The molecule has 90 valence electrons. The highest BCUT2D eigenvalue weighted by Gasteiger charge is 2.32. The van der Waals surface area contributed by atoms with E-state index in [1.54, 1.807) is 19.1 Å². The summed E-state index contributed by atoms with van der Waals surface area (Å²) in [5.41, 5.74) is 1.20. The number of hydrogen-bond donors (Lipinski definition) is 2. The predicted octanol–water partition coefficient (Wildman–Crippen LogP) is 0.791. The van der Waals surface area contributed by atoms with Crippen LogP contribution in [0.5, 0.6) is 0 Å². The normalized spacial score (nSPS) is 19.8. The van der Waals surface area contributed by atoms with Gasteiger partial charge in [0.1, 0.15) is 0 Å². The maximum absolute atomic E-state index is 11.7. The van der Waals surface area contributed by atoms with Crippen LogP contribution in [-0.4, -0.2) is 34.7 Å². The monoisotopic (exact) mass is 235 g/mol. The summed E-state index contributed by atoms with van der Waals surface area (Å²) in [5, 5.41) is 18.5. The number of carboxylic acid groups (broad SMARTS) is 1. The molecule has 2 rings (SSSR count). The van der Waals surface area contributed by atoms with E-state index in [9.17, 15) is 14.7 Å². The minimum Gasteiger partial charge on any atom is -0.478 e. The van der Waals surface area contributed by atoms with Crippen LogP contribution in [0.2, 0.25) is 0 Å². The number of aryl methyl sites for hydroxylation is 1. The molecule has 0 aliphatic carbocycles. The molecular weight excluding hydrogens is 222 g/mol. The number of aromatic carboxylic acids is 1. The van der Waals surface area contributed by atoms with E-state index in [-0.39, 0.29) is 24.4 Å². The Bertz CT molecular complexity index is 483. The highest BCUT2D eigenvalue weighted by molar-refractivity contribution is 6.04. The first-order valence-electron chi connectivity index (χ1n) is 5.32. The number of nitrogens with zero attached hydrogens (tertiary/aromatic N) is 1. The van der Waals surface area contributed by atoms with Gasteiger partial charge in [0.25, 0.3) is 0 Å². The molecule has 5 nitrogen and oxygen atoms in total. The van der Waals surface area contributed by atoms with E-state index in [2.05, 4.69) is 0 Å². The molecule has 1 unspecified atom stereocenters. The lowest BCUT2D eigenvalue weighted by molar-refractivity contribution is -0.117. The first kappa shape index (κ1) is 11.6. The van der Waals surface area contributed by atoms with Gasteiger partial charge in [-0.2, -0.15) is 0 Å². The van der Waals surface area contributed by atoms with Gasteiger partial charge in [-0.25, -0.2) is 4.79 Å². The van der Waals surface area contributed by atoms with Gasteiger partial charge in [0, 0.05) is 0 Å². The average molecular weight is 235 g/mol. The zero-order valence-corrected chi connectivity index (χ0v) is 9.38. The van der Waals surface area contributed by atoms with Gasteiger partial charge in [0.15, 0.2) is 0 Å². The highest BCUT2D eigenvalue weighted by Crippen LogP contribution is 2.29. The van der Waals surface area contributed by atoms with E-state index < -0.39 is 12.1 Å². The van der Waals surface area contributed by atoms with Crippen LogP contribution in [0.1, 0.15) is 22.3 Å². The number of para-hydroxylation sites is 1. The number of carbonyl (C=O) groups is 2. The van der Waals surface area contributed by atoms with Crippen LogP contribution in [0, 0.1) is 6.92 Å². The number of amides is 1. The van der Waals surface area contributed by atoms with Crippen molar-refractivity contribution in [3.8, 4) is 0 Å². The van der Waals surface area contributed by atoms with Crippen molar-refractivity contribution in [3.05, 3.63) is 29.3 Å². The van der Waals surface area contributed by atoms with Crippen LogP contribution >= 0.6 is 0 Å². The van der Waals surface area contributed by atoms with Crippen molar-refractivity contribution in [2.24, 2.45) is 0 Å². The Labute approximate surface area is 98.3 Å². The summed E-state index contributed by atoms with van der Waals surface area (Å²) in [4.78, 5) is 24.2. The van der Waals surface area contributed by atoms with Crippen molar-refractivity contribution >= 4 is 17.6 Å². The molecule has 1 aromatic rings. The molecule has 0 radical (unpaired) electrons. The van der Waals surface area contributed by atoms with Crippen molar-refractivity contribution < 1.29 is 19.8 Å². The second kappa shape index (κ2) is 4.18. The first-order valence-corrected chi connectivity index (χ1v) is 5.32. The van der Waals surface area contributed by atoms with Crippen LogP contribution in [0.4, 0.5) is 5.69 Å². The topological polar surface area (TPSA) is 77.8 Å². The summed E-state index contributed by atoms with van der Waals surface area (Å²) in [6.45, 7) is 1.91. The summed E-state index contributed by atoms with van der Waals surface area (Å²) in [7, 11) is 0. The fourth-order valence-corrected chi connectivity index (χ4v) is 2.09. The van der Waals surface area contributed by atoms with E-state index in [0.29, 0.717) is 11.3 Å². The minimum absolute atomic E-state index is 0.0490. The molecule has 1 aliphatic heterocycles. The van der Waals surface area contributed by atoms with E-state index in [4.69, 9.17) is 5.11 Å². The minimum atomic E-state index is -1.07. The highest BCUT2D eigenvalue weighted by atomic mass is 16.4. The fourth-order valence-electron chi connectivity index (χ4n) is 2.09. The number of carboxylic acids is 1. The number of aliphatic hydroxyl groups is 1. The summed E-state index contributed by atoms with van der Waals surface area (Å²) >= 11 is 0. The van der Waals surface area contributed by atoms with E-state index in [1.165, 1.54) is 11.0 Å². The number of anilines is 1. The third kappa shape index (κ3) is 2.01. The predicted molar refractivity (Wildman–Crippen MR) is 61.1 cm³/mol. The summed E-state index contributed by atoms with van der Waals surface area (Å²) in [6, 6.07) is 4.85. The largest absolute Gasteiger partial charge is 0.478 e. The molecule has 1 saturated heterocycles. The van der Waals surface area contributed by atoms with Gasteiger partial charge in [-0.1, -0.05) is 12.1 Å². The van der Waals surface area contributed by atoms with Crippen molar-refractivity contribution in [2.45, 2.75) is 19.4 Å². The fraction of sp³-hybridized carbons (Fsp3) is 0.333. The third-order valence-electron chi connectivity index (χ3n) is 2.84. The lowest BCUT2D eigenvalue weighted by Gasteiger charge is -2.20. The Morgan fingerprint density at radius 2 is 2.18 bits per heavy atom. The van der Waals surface area contributed by atoms with E-state index in [1.807, 2.05) is 0 Å². The molecule has 1 aliphatic rings. The molecule has 2 N–H and O–H groups in total. The van der Waals surface area contributed by atoms with Gasteiger partial charge in [0.05, 0.1) is 30.3 Å². The van der Waals surface area contributed by atoms with Crippen LogP contribution in [0.25, 0.3) is 0 Å². The summed E-state index contributed by atoms with van der Waals surface area (Å²) in [6.07, 6.45) is -0.670. The standard InChI is InChI=1S/C12H13NO4/c1-7-3-2-4-9(12(16)17)11(7)13-6-8(14)5-10(13)15/h2-4,8,14H,5-6H2,1H3,(H,16,17). The Morgan fingerprint density at radius 1 is 1.47 bits per heavy atom. The van der Waals surface area contributed by atoms with Gasteiger partial charge in [-0.3, -0.25) is 4.79 Å². The molecule has 1 heterocycles. The molecular formula is C12H13NO4. The SMILES string of the molecule is Cc1cccc(C(=O)O)c1N1CC(O)CC1=O. The second-order valence-electron chi connectivity index (χ2n) is 4.14. The number of aliphatic hydroxyl groups excluding tert-OH is 1.